The molecule has 78 valence electrons. The number of rotatable bonds is 4. The third-order valence-electron chi connectivity index (χ3n) is 1.94. The molecule has 0 spiro atoms. The van der Waals surface area contributed by atoms with Crippen molar-refractivity contribution in [3.8, 4) is 0 Å². The molecule has 13 heavy (non-hydrogen) atoms. The van der Waals surface area contributed by atoms with Gasteiger partial charge in [0.15, 0.2) is 11.1 Å². The lowest BCUT2D eigenvalue weighted by Gasteiger charge is -2.28. The highest BCUT2D eigenvalue weighted by atomic mass is 32.2. The van der Waals surface area contributed by atoms with Crippen LogP contribution in [0.15, 0.2) is 0 Å². The predicted molar refractivity (Wildman–Crippen MR) is 50.0 cm³/mol. The van der Waals surface area contributed by atoms with Crippen LogP contribution in [0.5, 0.6) is 0 Å². The standard InChI is InChI=1S/C8H16O4S/c1-7(2)12-8(6-13(9)10)3-4-11-5-8/h7H,3-6H2,1-2H3,(H,9,10). The van der Waals surface area contributed by atoms with Crippen LogP contribution in [0, 0.1) is 0 Å². The summed E-state index contributed by atoms with van der Waals surface area (Å²) in [5.41, 5.74) is -0.534. The van der Waals surface area contributed by atoms with E-state index in [1.54, 1.807) is 0 Å². The number of hydrogen-bond acceptors (Lipinski definition) is 3. The molecule has 5 heteroatoms. The summed E-state index contributed by atoms with van der Waals surface area (Å²) in [5, 5.41) is 0. The van der Waals surface area contributed by atoms with E-state index in [-0.39, 0.29) is 11.9 Å². The Morgan fingerprint density at radius 3 is 2.77 bits per heavy atom. The maximum absolute atomic E-state index is 10.7. The van der Waals surface area contributed by atoms with Crippen LogP contribution in [-0.2, 0) is 20.6 Å². The van der Waals surface area contributed by atoms with Crippen molar-refractivity contribution in [3.63, 3.8) is 0 Å². The van der Waals surface area contributed by atoms with Crippen LogP contribution in [0.4, 0.5) is 0 Å². The number of hydrogen-bond donors (Lipinski definition) is 1. The lowest BCUT2D eigenvalue weighted by molar-refractivity contribution is -0.0671. The van der Waals surface area contributed by atoms with Crippen molar-refractivity contribution in [2.45, 2.75) is 32.0 Å². The Bertz CT molecular complexity index is 187. The molecule has 1 saturated heterocycles. The van der Waals surface area contributed by atoms with Gasteiger partial charge in [-0.15, -0.1) is 0 Å². The zero-order chi connectivity index (χ0) is 9.90. The van der Waals surface area contributed by atoms with Gasteiger partial charge in [0.05, 0.1) is 18.5 Å². The second-order valence-electron chi connectivity index (χ2n) is 3.62. The molecule has 0 aliphatic carbocycles. The van der Waals surface area contributed by atoms with E-state index in [9.17, 15) is 4.21 Å². The Kier molecular flexibility index (Phi) is 3.85. The van der Waals surface area contributed by atoms with Gasteiger partial charge in [-0.25, -0.2) is 4.21 Å². The maximum Gasteiger partial charge on any atom is 0.155 e. The largest absolute Gasteiger partial charge is 0.378 e. The van der Waals surface area contributed by atoms with Crippen molar-refractivity contribution >= 4 is 11.1 Å². The molecule has 1 rings (SSSR count). The molecule has 2 unspecified atom stereocenters. The summed E-state index contributed by atoms with van der Waals surface area (Å²) >= 11 is -1.82. The van der Waals surface area contributed by atoms with Crippen LogP contribution in [0.3, 0.4) is 0 Å². The second-order valence-corrected chi connectivity index (χ2v) is 4.55. The average Bonchev–Trinajstić information content (AvgIpc) is 2.33. The molecule has 2 atom stereocenters. The van der Waals surface area contributed by atoms with E-state index < -0.39 is 16.7 Å². The molecule has 1 heterocycles. The van der Waals surface area contributed by atoms with E-state index in [1.807, 2.05) is 13.8 Å². The molecule has 4 nitrogen and oxygen atoms in total. The second kappa shape index (κ2) is 4.50. The van der Waals surface area contributed by atoms with Gasteiger partial charge in [0, 0.05) is 13.0 Å². The summed E-state index contributed by atoms with van der Waals surface area (Å²) in [5.74, 6) is 0.144. The van der Waals surface area contributed by atoms with E-state index in [0.717, 1.165) is 0 Å². The summed E-state index contributed by atoms with van der Waals surface area (Å²) in [6.45, 7) is 4.88. The molecule has 1 aliphatic rings. The molecule has 0 aromatic rings. The van der Waals surface area contributed by atoms with Crippen molar-refractivity contribution in [2.24, 2.45) is 0 Å². The van der Waals surface area contributed by atoms with Gasteiger partial charge in [-0.1, -0.05) is 0 Å². The Hall–Kier alpha value is 0.0300. The molecule has 1 aliphatic heterocycles. The van der Waals surface area contributed by atoms with E-state index in [1.165, 1.54) is 0 Å². The van der Waals surface area contributed by atoms with Crippen LogP contribution in [0.2, 0.25) is 0 Å². The first-order chi connectivity index (χ1) is 6.04. The molecule has 0 saturated carbocycles. The summed E-state index contributed by atoms with van der Waals surface area (Å²) in [6, 6.07) is 0. The minimum absolute atomic E-state index is 0.0604. The van der Waals surface area contributed by atoms with Crippen molar-refractivity contribution < 1.29 is 18.2 Å². The third kappa shape index (κ3) is 3.34. The van der Waals surface area contributed by atoms with Gasteiger partial charge in [-0.3, -0.25) is 0 Å². The first-order valence-corrected chi connectivity index (χ1v) is 5.65. The monoisotopic (exact) mass is 208 g/mol. The van der Waals surface area contributed by atoms with Crippen molar-refractivity contribution in [1.29, 1.82) is 0 Å². The molecular formula is C8H16O4S. The molecule has 0 aromatic heterocycles. The lowest BCUT2D eigenvalue weighted by Crippen LogP contribution is -2.41. The first-order valence-electron chi connectivity index (χ1n) is 4.37. The first kappa shape index (κ1) is 11.1. The number of ether oxygens (including phenoxy) is 2. The van der Waals surface area contributed by atoms with Crippen LogP contribution < -0.4 is 0 Å². The summed E-state index contributed by atoms with van der Waals surface area (Å²) in [7, 11) is 0. The molecule has 0 radical (unpaired) electrons. The quantitative estimate of drug-likeness (QED) is 0.694. The maximum atomic E-state index is 10.7. The molecule has 0 aromatic carbocycles. The zero-order valence-corrected chi connectivity index (χ0v) is 8.80. The lowest BCUT2D eigenvalue weighted by atomic mass is 10.1. The minimum atomic E-state index is -1.82. The normalized spacial score (nSPS) is 31.1. The topological polar surface area (TPSA) is 55.8 Å². The van der Waals surface area contributed by atoms with Gasteiger partial charge in [0.25, 0.3) is 0 Å². The van der Waals surface area contributed by atoms with Gasteiger partial charge in [-0.05, 0) is 13.8 Å². The summed E-state index contributed by atoms with van der Waals surface area (Å²) in [6.07, 6.45) is 0.766. The molecule has 1 N–H and O–H groups in total. The molecule has 0 amide bonds. The van der Waals surface area contributed by atoms with Crippen molar-refractivity contribution in [3.05, 3.63) is 0 Å². The van der Waals surface area contributed by atoms with Crippen LogP contribution >= 0.6 is 0 Å². The Balaban J connectivity index is 2.57. The van der Waals surface area contributed by atoms with E-state index >= 15 is 0 Å². The molecule has 1 fully saturated rings. The Morgan fingerprint density at radius 2 is 2.38 bits per heavy atom. The van der Waals surface area contributed by atoms with Gasteiger partial charge in [0.2, 0.25) is 0 Å². The molecule has 0 bridgehead atoms. The van der Waals surface area contributed by atoms with E-state index in [0.29, 0.717) is 19.6 Å². The Labute approximate surface area is 80.9 Å². The van der Waals surface area contributed by atoms with Crippen LogP contribution in [0.25, 0.3) is 0 Å². The van der Waals surface area contributed by atoms with Crippen molar-refractivity contribution in [2.75, 3.05) is 19.0 Å². The van der Waals surface area contributed by atoms with Gasteiger partial charge < -0.3 is 14.0 Å². The zero-order valence-electron chi connectivity index (χ0n) is 7.99. The highest BCUT2D eigenvalue weighted by molar-refractivity contribution is 7.79. The van der Waals surface area contributed by atoms with Gasteiger partial charge in [-0.2, -0.15) is 0 Å². The third-order valence-corrected chi connectivity index (χ3v) is 2.71. The highest BCUT2D eigenvalue weighted by Crippen LogP contribution is 2.25. The van der Waals surface area contributed by atoms with Crippen LogP contribution in [-0.4, -0.2) is 39.4 Å². The Morgan fingerprint density at radius 1 is 1.69 bits per heavy atom. The predicted octanol–water partition coefficient (Wildman–Crippen LogP) is 0.792. The average molecular weight is 208 g/mol. The van der Waals surface area contributed by atoms with Gasteiger partial charge in [0.1, 0.15) is 5.60 Å². The van der Waals surface area contributed by atoms with E-state index in [4.69, 9.17) is 14.0 Å². The van der Waals surface area contributed by atoms with Crippen LogP contribution in [0.1, 0.15) is 20.3 Å². The smallest absolute Gasteiger partial charge is 0.155 e. The fourth-order valence-electron chi connectivity index (χ4n) is 1.55. The summed E-state index contributed by atoms with van der Waals surface area (Å²) < 4.78 is 30.4. The van der Waals surface area contributed by atoms with Crippen molar-refractivity contribution in [1.82, 2.24) is 0 Å². The highest BCUT2D eigenvalue weighted by Gasteiger charge is 2.38. The fraction of sp³-hybridized carbons (Fsp3) is 1.00. The van der Waals surface area contributed by atoms with E-state index in [2.05, 4.69) is 0 Å². The SMILES string of the molecule is CC(C)OC1(CS(=O)O)CCOC1. The van der Waals surface area contributed by atoms with Gasteiger partial charge >= 0.3 is 0 Å². The molecular weight excluding hydrogens is 192 g/mol. The summed E-state index contributed by atoms with van der Waals surface area (Å²) in [4.78, 5) is 0. The minimum Gasteiger partial charge on any atom is -0.378 e. The fourth-order valence-corrected chi connectivity index (χ4v) is 2.30.